The molecule has 172 valence electrons. The van der Waals surface area contributed by atoms with Crippen molar-refractivity contribution in [1.82, 2.24) is 0 Å². The van der Waals surface area contributed by atoms with Gasteiger partial charge in [-0.05, 0) is 34.4 Å². The van der Waals surface area contributed by atoms with Gasteiger partial charge in [-0.25, -0.2) is 4.90 Å². The predicted molar refractivity (Wildman–Crippen MR) is 132 cm³/mol. The second-order valence-corrected chi connectivity index (χ2v) is 9.15. The zero-order chi connectivity index (χ0) is 24.1. The minimum absolute atomic E-state index is 0.140. The number of hydrogen-bond donors (Lipinski definition) is 0. The molecule has 3 aromatic rings. The molecule has 5 heteroatoms. The molecule has 4 atom stereocenters. The van der Waals surface area contributed by atoms with Gasteiger partial charge in [-0.2, -0.15) is 0 Å². The van der Waals surface area contributed by atoms with Crippen molar-refractivity contribution in [1.29, 1.82) is 0 Å². The van der Waals surface area contributed by atoms with Gasteiger partial charge in [-0.3, -0.25) is 14.4 Å². The number of allylic oxidation sites excluding steroid dienone is 3. The molecule has 0 aromatic heterocycles. The summed E-state index contributed by atoms with van der Waals surface area (Å²) in [7, 11) is 0. The van der Waals surface area contributed by atoms with Crippen LogP contribution >= 0.6 is 0 Å². The lowest BCUT2D eigenvalue weighted by Gasteiger charge is -2.22. The van der Waals surface area contributed by atoms with E-state index >= 15 is 0 Å². The van der Waals surface area contributed by atoms with Crippen molar-refractivity contribution >= 4 is 29.0 Å². The minimum atomic E-state index is -0.454. The number of benzene rings is 3. The van der Waals surface area contributed by atoms with E-state index < -0.39 is 17.8 Å². The van der Waals surface area contributed by atoms with Gasteiger partial charge in [0.2, 0.25) is 11.8 Å². The Kier molecular flexibility index (Phi) is 4.99. The standard InChI is InChI=1S/C30H23NO4/c1-18(32)35-22-14-8-13-21(17-22)31-29(33)27-23-15-16-24(28(27)30(31)34)26(23)25(19-9-4-2-5-10-19)20-11-6-3-7-12-20/h2-17,23-24,27-28H,1H3/t23-,24-,27-,28+/m0/s1. The number of carbonyl (C=O) groups is 3. The topological polar surface area (TPSA) is 63.7 Å². The van der Waals surface area contributed by atoms with Crippen LogP contribution in [0, 0.1) is 23.7 Å². The molecule has 3 aliphatic rings. The van der Waals surface area contributed by atoms with Gasteiger partial charge < -0.3 is 4.74 Å². The van der Waals surface area contributed by atoms with E-state index in [-0.39, 0.29) is 23.7 Å². The fourth-order valence-electron chi connectivity index (χ4n) is 5.91. The van der Waals surface area contributed by atoms with Crippen molar-refractivity contribution in [2.45, 2.75) is 6.92 Å². The molecule has 1 saturated carbocycles. The number of hydrogen-bond acceptors (Lipinski definition) is 4. The highest BCUT2D eigenvalue weighted by Gasteiger charge is 2.62. The van der Waals surface area contributed by atoms with Crippen molar-refractivity contribution in [3.8, 4) is 5.75 Å². The van der Waals surface area contributed by atoms with Crippen LogP contribution in [0.2, 0.25) is 0 Å². The van der Waals surface area contributed by atoms with Crippen molar-refractivity contribution in [2.75, 3.05) is 4.90 Å². The lowest BCUT2D eigenvalue weighted by atomic mass is 9.85. The summed E-state index contributed by atoms with van der Waals surface area (Å²) in [6.07, 6.45) is 4.19. The number of imide groups is 1. The molecule has 0 unspecified atom stereocenters. The van der Waals surface area contributed by atoms with E-state index in [1.165, 1.54) is 11.8 Å². The molecule has 6 rings (SSSR count). The molecule has 3 aromatic carbocycles. The molecule has 2 aliphatic carbocycles. The van der Waals surface area contributed by atoms with Gasteiger partial charge in [0.1, 0.15) is 5.75 Å². The van der Waals surface area contributed by atoms with E-state index in [1.54, 1.807) is 24.3 Å². The summed E-state index contributed by atoms with van der Waals surface area (Å²) in [6, 6.07) is 26.9. The Morgan fingerprint density at radius 3 is 1.80 bits per heavy atom. The third-order valence-corrected chi connectivity index (χ3v) is 7.17. The summed E-state index contributed by atoms with van der Waals surface area (Å²) < 4.78 is 5.17. The van der Waals surface area contributed by atoms with Gasteiger partial charge in [0.25, 0.3) is 0 Å². The summed E-state index contributed by atoms with van der Waals surface area (Å²) in [6.45, 7) is 1.32. The van der Waals surface area contributed by atoms with E-state index in [2.05, 4.69) is 36.4 Å². The molecule has 1 heterocycles. The van der Waals surface area contributed by atoms with Gasteiger partial charge >= 0.3 is 5.97 Å². The first kappa shape index (κ1) is 21.3. The first-order chi connectivity index (χ1) is 17.0. The smallest absolute Gasteiger partial charge is 0.308 e. The largest absolute Gasteiger partial charge is 0.427 e. The second-order valence-electron chi connectivity index (χ2n) is 9.15. The van der Waals surface area contributed by atoms with Crippen LogP contribution in [0.1, 0.15) is 18.1 Å². The van der Waals surface area contributed by atoms with Crippen LogP contribution in [-0.2, 0) is 14.4 Å². The molecule has 2 fully saturated rings. The minimum Gasteiger partial charge on any atom is -0.427 e. The van der Waals surface area contributed by atoms with Crippen LogP contribution in [0.15, 0.2) is 103 Å². The molecular formula is C30H23NO4. The van der Waals surface area contributed by atoms with E-state index in [1.807, 2.05) is 36.4 Å². The number of carbonyl (C=O) groups excluding carboxylic acids is 3. The lowest BCUT2D eigenvalue weighted by Crippen LogP contribution is -2.33. The van der Waals surface area contributed by atoms with Crippen molar-refractivity contribution in [2.24, 2.45) is 23.7 Å². The highest BCUT2D eigenvalue weighted by Crippen LogP contribution is 2.58. The summed E-state index contributed by atoms with van der Waals surface area (Å²) in [5, 5.41) is 0. The highest BCUT2D eigenvalue weighted by molar-refractivity contribution is 6.23. The van der Waals surface area contributed by atoms with Gasteiger partial charge in [-0.1, -0.05) is 78.9 Å². The maximum atomic E-state index is 13.7. The third kappa shape index (κ3) is 3.35. The highest BCUT2D eigenvalue weighted by atomic mass is 16.5. The average molecular weight is 462 g/mol. The number of amides is 2. The Labute approximate surface area is 203 Å². The zero-order valence-corrected chi connectivity index (χ0v) is 19.1. The van der Waals surface area contributed by atoms with Gasteiger partial charge in [0.15, 0.2) is 0 Å². The molecule has 0 radical (unpaired) electrons. The number of ether oxygens (including phenoxy) is 1. The van der Waals surface area contributed by atoms with Crippen LogP contribution in [0.4, 0.5) is 5.69 Å². The number of anilines is 1. The number of esters is 1. The first-order valence-corrected chi connectivity index (χ1v) is 11.7. The third-order valence-electron chi connectivity index (χ3n) is 7.17. The Morgan fingerprint density at radius 1 is 0.743 bits per heavy atom. The summed E-state index contributed by atoms with van der Waals surface area (Å²) in [5.41, 5.74) is 4.85. The quantitative estimate of drug-likeness (QED) is 0.236. The predicted octanol–water partition coefficient (Wildman–Crippen LogP) is 5.04. The Hall–Kier alpha value is -4.25. The van der Waals surface area contributed by atoms with Crippen LogP contribution in [0.3, 0.4) is 0 Å². The maximum absolute atomic E-state index is 13.7. The fourth-order valence-corrected chi connectivity index (χ4v) is 5.91. The van der Waals surface area contributed by atoms with E-state index in [4.69, 9.17) is 4.74 Å². The molecule has 0 spiro atoms. The van der Waals surface area contributed by atoms with Crippen LogP contribution in [0.25, 0.3) is 5.57 Å². The zero-order valence-electron chi connectivity index (χ0n) is 19.1. The summed E-state index contributed by atoms with van der Waals surface area (Å²) >= 11 is 0. The lowest BCUT2D eigenvalue weighted by molar-refractivity contribution is -0.132. The Bertz CT molecular complexity index is 1330. The molecule has 5 nitrogen and oxygen atoms in total. The first-order valence-electron chi connectivity index (χ1n) is 11.7. The van der Waals surface area contributed by atoms with Crippen molar-refractivity contribution in [3.63, 3.8) is 0 Å². The van der Waals surface area contributed by atoms with Crippen LogP contribution < -0.4 is 9.64 Å². The van der Waals surface area contributed by atoms with Crippen LogP contribution in [-0.4, -0.2) is 17.8 Å². The van der Waals surface area contributed by atoms with Crippen molar-refractivity contribution < 1.29 is 19.1 Å². The summed E-state index contributed by atoms with van der Waals surface area (Å²) in [5.74, 6) is -1.70. The monoisotopic (exact) mass is 461 g/mol. The molecule has 35 heavy (non-hydrogen) atoms. The van der Waals surface area contributed by atoms with Gasteiger partial charge in [0.05, 0.1) is 17.5 Å². The fraction of sp³-hybridized carbons (Fsp3) is 0.167. The number of rotatable bonds is 4. The normalized spacial score (nSPS) is 24.1. The van der Waals surface area contributed by atoms with Gasteiger partial charge in [-0.15, -0.1) is 0 Å². The molecule has 0 N–H and O–H groups in total. The second kappa shape index (κ2) is 8.20. The number of fused-ring (bicyclic) bond motifs is 5. The number of nitrogens with zero attached hydrogens (tertiary/aromatic N) is 1. The molecule has 1 saturated heterocycles. The average Bonchev–Trinajstić information content (AvgIpc) is 3.49. The molecule has 2 bridgehead atoms. The molecule has 1 aliphatic heterocycles. The van der Waals surface area contributed by atoms with Crippen molar-refractivity contribution in [3.05, 3.63) is 114 Å². The SMILES string of the molecule is CC(=O)Oc1cccc(N2C(=O)[C@@H]3[C@H](C2=O)[C@H]2C=C[C@H]3C2=C(c2ccccc2)c2ccccc2)c1. The maximum Gasteiger partial charge on any atom is 0.308 e. The van der Waals surface area contributed by atoms with E-state index in [0.29, 0.717) is 11.4 Å². The van der Waals surface area contributed by atoms with Gasteiger partial charge in [0, 0.05) is 24.8 Å². The molecular weight excluding hydrogens is 438 g/mol. The Balaban J connectivity index is 1.43. The van der Waals surface area contributed by atoms with E-state index in [0.717, 1.165) is 22.3 Å². The Morgan fingerprint density at radius 2 is 1.29 bits per heavy atom. The van der Waals surface area contributed by atoms with Crippen LogP contribution in [0.5, 0.6) is 5.75 Å². The summed E-state index contributed by atoms with van der Waals surface area (Å²) in [4.78, 5) is 40.1. The van der Waals surface area contributed by atoms with E-state index in [9.17, 15) is 14.4 Å². The molecule has 2 amide bonds.